The van der Waals surface area contributed by atoms with E-state index in [0.717, 1.165) is 12.4 Å². The van der Waals surface area contributed by atoms with Gasteiger partial charge in [-0.25, -0.2) is 4.58 Å². The minimum absolute atomic E-state index is 0. The van der Waals surface area contributed by atoms with E-state index in [4.69, 9.17) is 4.74 Å². The second-order valence-electron chi connectivity index (χ2n) is 4.03. The van der Waals surface area contributed by atoms with Gasteiger partial charge >= 0.3 is 0 Å². The van der Waals surface area contributed by atoms with Crippen molar-refractivity contribution in [3.05, 3.63) is 30.3 Å². The molecule has 1 aromatic carbocycles. The van der Waals surface area contributed by atoms with E-state index >= 15 is 0 Å². The van der Waals surface area contributed by atoms with Crippen LogP contribution in [0.3, 0.4) is 0 Å². The van der Waals surface area contributed by atoms with Crippen LogP contribution in [0.2, 0.25) is 0 Å². The maximum Gasteiger partial charge on any atom is 0.210 e. The molecular formula is C13H18INOS. The van der Waals surface area contributed by atoms with Crippen LogP contribution in [-0.2, 0) is 0 Å². The molecule has 4 heteroatoms. The number of halogens is 1. The highest BCUT2D eigenvalue weighted by atomic mass is 127. The van der Waals surface area contributed by atoms with Crippen LogP contribution in [0.4, 0.5) is 0 Å². The molecule has 1 aliphatic heterocycles. The number of nitrogens with zero attached hydrogens (tertiary/aromatic N) is 1. The van der Waals surface area contributed by atoms with Crippen molar-refractivity contribution in [3.8, 4) is 5.75 Å². The van der Waals surface area contributed by atoms with E-state index in [1.165, 1.54) is 17.9 Å². The van der Waals surface area contributed by atoms with Gasteiger partial charge in [0.15, 0.2) is 6.04 Å². The Morgan fingerprint density at radius 3 is 2.65 bits per heavy atom. The van der Waals surface area contributed by atoms with Crippen molar-refractivity contribution in [2.45, 2.75) is 18.9 Å². The Hall–Kier alpha value is -0.230. The van der Waals surface area contributed by atoms with Gasteiger partial charge in [0.1, 0.15) is 19.4 Å². The normalized spacial score (nSPS) is 19.1. The largest absolute Gasteiger partial charge is 1.00 e. The lowest BCUT2D eigenvalue weighted by Crippen LogP contribution is -3.00. The summed E-state index contributed by atoms with van der Waals surface area (Å²) in [6.07, 6.45) is 4.55. The average molecular weight is 363 g/mol. The summed E-state index contributed by atoms with van der Waals surface area (Å²) in [6.45, 7) is 0.782. The van der Waals surface area contributed by atoms with Crippen LogP contribution in [0.5, 0.6) is 5.75 Å². The van der Waals surface area contributed by atoms with E-state index < -0.39 is 0 Å². The number of ether oxygens (including phenoxy) is 1. The molecule has 0 saturated carbocycles. The molecule has 2 nitrogen and oxygen atoms in total. The number of benzene rings is 1. The van der Waals surface area contributed by atoms with Gasteiger partial charge in [-0.15, -0.1) is 0 Å². The van der Waals surface area contributed by atoms with E-state index in [1.807, 2.05) is 42.1 Å². The average Bonchev–Trinajstić information content (AvgIpc) is 2.69. The SMILES string of the molecule is CSC1=[N+](C)[C@H](COc2ccccc2)CC1.[I-]. The number of hydrogen-bond donors (Lipinski definition) is 0. The van der Waals surface area contributed by atoms with E-state index in [1.54, 1.807) is 0 Å². The van der Waals surface area contributed by atoms with Crippen LogP contribution in [0, 0.1) is 0 Å². The number of hydrogen-bond acceptors (Lipinski definition) is 2. The molecule has 0 bridgehead atoms. The number of thioether (sulfide) groups is 1. The van der Waals surface area contributed by atoms with Gasteiger partial charge in [0.05, 0.1) is 0 Å². The Labute approximate surface area is 124 Å². The smallest absolute Gasteiger partial charge is 0.210 e. The zero-order chi connectivity index (χ0) is 11.4. The predicted octanol–water partition coefficient (Wildman–Crippen LogP) is -0.364. The summed E-state index contributed by atoms with van der Waals surface area (Å²) in [4.78, 5) is 0. The molecule has 0 aromatic heterocycles. The van der Waals surface area contributed by atoms with Gasteiger partial charge < -0.3 is 28.7 Å². The zero-order valence-electron chi connectivity index (χ0n) is 10.2. The summed E-state index contributed by atoms with van der Waals surface area (Å²) in [5.41, 5.74) is 0. The van der Waals surface area contributed by atoms with Crippen LogP contribution in [0.25, 0.3) is 0 Å². The van der Waals surface area contributed by atoms with Crippen molar-refractivity contribution >= 4 is 16.8 Å². The van der Waals surface area contributed by atoms with Crippen LogP contribution in [0.15, 0.2) is 30.3 Å². The molecule has 1 heterocycles. The Bertz CT molecular complexity index is 380. The zero-order valence-corrected chi connectivity index (χ0v) is 13.2. The van der Waals surface area contributed by atoms with E-state index in [0.29, 0.717) is 6.04 Å². The first-order chi connectivity index (χ1) is 7.81. The molecule has 1 atom stereocenters. The summed E-state index contributed by atoms with van der Waals surface area (Å²) < 4.78 is 8.14. The molecule has 0 aliphatic carbocycles. The van der Waals surface area contributed by atoms with Gasteiger partial charge in [-0.2, -0.15) is 0 Å². The predicted molar refractivity (Wildman–Crippen MR) is 69.7 cm³/mol. The second-order valence-corrected chi connectivity index (χ2v) is 4.90. The van der Waals surface area contributed by atoms with E-state index in [9.17, 15) is 0 Å². The van der Waals surface area contributed by atoms with Gasteiger partial charge in [-0.3, -0.25) is 0 Å². The number of para-hydroxylation sites is 1. The molecule has 1 aliphatic rings. The molecule has 0 radical (unpaired) electrons. The second kappa shape index (κ2) is 7.26. The Kier molecular flexibility index (Phi) is 6.33. The maximum absolute atomic E-state index is 5.79. The van der Waals surface area contributed by atoms with Crippen LogP contribution < -0.4 is 28.7 Å². The molecular weight excluding hydrogens is 345 g/mol. The maximum atomic E-state index is 5.79. The monoisotopic (exact) mass is 363 g/mol. The van der Waals surface area contributed by atoms with Gasteiger partial charge in [0, 0.05) is 12.8 Å². The first-order valence-corrected chi connectivity index (χ1v) is 6.84. The standard InChI is InChI=1S/C13H18NOS.HI/c1-14-11(8-9-13(14)16-2)10-15-12-6-4-3-5-7-12;/h3-7,11H,8-10H2,1-2H3;1H/q+1;/p-1/t11-;/m0./s1. The fraction of sp³-hybridized carbons (Fsp3) is 0.462. The van der Waals surface area contributed by atoms with Crippen molar-refractivity contribution in [1.29, 1.82) is 0 Å². The lowest BCUT2D eigenvalue weighted by Gasteiger charge is -2.09. The highest BCUT2D eigenvalue weighted by molar-refractivity contribution is 8.13. The highest BCUT2D eigenvalue weighted by Crippen LogP contribution is 2.19. The number of likely N-dealkylation sites (N-methyl/N-ethyl adjacent to an activating group) is 1. The molecule has 0 amide bonds. The molecule has 1 aromatic rings. The summed E-state index contributed by atoms with van der Waals surface area (Å²) in [5, 5.41) is 1.47. The third-order valence-electron chi connectivity index (χ3n) is 3.05. The molecule has 0 saturated heterocycles. The summed E-state index contributed by atoms with van der Waals surface area (Å²) in [6, 6.07) is 10.6. The van der Waals surface area contributed by atoms with Crippen molar-refractivity contribution in [2.24, 2.45) is 0 Å². The van der Waals surface area contributed by atoms with Crippen LogP contribution in [-0.4, -0.2) is 35.6 Å². The van der Waals surface area contributed by atoms with Gasteiger partial charge in [-0.05, 0) is 18.4 Å². The lowest BCUT2D eigenvalue weighted by atomic mass is 10.2. The van der Waals surface area contributed by atoms with Crippen molar-refractivity contribution < 1.29 is 33.3 Å². The van der Waals surface area contributed by atoms with E-state index in [-0.39, 0.29) is 24.0 Å². The van der Waals surface area contributed by atoms with E-state index in [2.05, 4.69) is 17.9 Å². The molecule has 94 valence electrons. The third-order valence-corrected chi connectivity index (χ3v) is 4.02. The minimum atomic E-state index is 0. The topological polar surface area (TPSA) is 12.2 Å². The van der Waals surface area contributed by atoms with Gasteiger partial charge in [0.2, 0.25) is 5.04 Å². The quantitative estimate of drug-likeness (QED) is 0.537. The first kappa shape index (κ1) is 14.8. The fourth-order valence-corrected chi connectivity index (χ4v) is 2.77. The highest BCUT2D eigenvalue weighted by Gasteiger charge is 2.29. The summed E-state index contributed by atoms with van der Waals surface area (Å²) in [5.74, 6) is 0.966. The molecule has 0 fully saturated rings. The van der Waals surface area contributed by atoms with Crippen molar-refractivity contribution in [1.82, 2.24) is 0 Å². The molecule has 0 unspecified atom stereocenters. The summed E-state index contributed by atoms with van der Waals surface area (Å²) >= 11 is 1.85. The molecule has 0 N–H and O–H groups in total. The summed E-state index contributed by atoms with van der Waals surface area (Å²) in [7, 11) is 2.16. The molecule has 17 heavy (non-hydrogen) atoms. The Morgan fingerprint density at radius 2 is 2.06 bits per heavy atom. The van der Waals surface area contributed by atoms with Crippen LogP contribution >= 0.6 is 11.8 Å². The fourth-order valence-electron chi connectivity index (χ4n) is 2.01. The minimum Gasteiger partial charge on any atom is -1.00 e. The Morgan fingerprint density at radius 1 is 1.35 bits per heavy atom. The molecule has 2 rings (SSSR count). The van der Waals surface area contributed by atoms with Gasteiger partial charge in [-0.1, -0.05) is 30.0 Å². The first-order valence-electron chi connectivity index (χ1n) is 5.61. The van der Waals surface area contributed by atoms with Crippen LogP contribution in [0.1, 0.15) is 12.8 Å². The number of rotatable bonds is 3. The molecule has 0 spiro atoms. The van der Waals surface area contributed by atoms with Gasteiger partial charge in [0.25, 0.3) is 0 Å². The van der Waals surface area contributed by atoms with Crippen molar-refractivity contribution in [2.75, 3.05) is 19.9 Å². The lowest BCUT2D eigenvalue weighted by molar-refractivity contribution is -0.529. The van der Waals surface area contributed by atoms with Crippen molar-refractivity contribution in [3.63, 3.8) is 0 Å². The Balaban J connectivity index is 0.00000144. The third kappa shape index (κ3) is 3.88.